The Labute approximate surface area is 106 Å². The summed E-state index contributed by atoms with van der Waals surface area (Å²) in [6, 6.07) is 8.69. The number of hydrogen-bond acceptors (Lipinski definition) is 3. The number of rotatable bonds is 2. The third-order valence-electron chi connectivity index (χ3n) is 2.47. The number of aromatic amines is 1. The monoisotopic (exact) mass is 265 g/mol. The second-order valence-electron chi connectivity index (χ2n) is 3.90. The van der Waals surface area contributed by atoms with Crippen LogP contribution in [0.5, 0.6) is 5.88 Å². The molecule has 18 heavy (non-hydrogen) atoms. The highest BCUT2D eigenvalue weighted by atomic mass is 32.2. The highest BCUT2D eigenvalue weighted by Gasteiger charge is 2.25. The lowest BCUT2D eigenvalue weighted by atomic mass is 10.3. The molecule has 0 aliphatic rings. The zero-order valence-corrected chi connectivity index (χ0v) is 10.8. The van der Waals surface area contributed by atoms with Crippen LogP contribution in [0, 0.1) is 0 Å². The lowest BCUT2D eigenvalue weighted by Gasteiger charge is -2.08. The number of nitrogens with one attached hydrogen (secondary N) is 1. The Balaban J connectivity index is 2.81. The van der Waals surface area contributed by atoms with Gasteiger partial charge in [-0.3, -0.25) is 9.78 Å². The minimum atomic E-state index is -0.641. The molecule has 2 rings (SSSR count). The van der Waals surface area contributed by atoms with E-state index in [9.17, 15) is 14.7 Å². The molecule has 1 aromatic heterocycles. The first kappa shape index (κ1) is 12.5. The average molecular weight is 265 g/mol. The van der Waals surface area contributed by atoms with Crippen molar-refractivity contribution in [3.05, 3.63) is 51.2 Å². The molecule has 0 atom stereocenters. The third-order valence-corrected chi connectivity index (χ3v) is 3.65. The van der Waals surface area contributed by atoms with Gasteiger partial charge >= 0.3 is 11.2 Å². The standard InChI is InChI=1S/C12H12N2O3S/c1-18(2)9-10(15)13-12(17)14(11(9)16)8-6-4-3-5-7-8/h3-7H,1-2H3,(H-,13,15,16,17)/p+1. The molecule has 94 valence electrons. The van der Waals surface area contributed by atoms with Gasteiger partial charge in [-0.05, 0) is 12.1 Å². The Morgan fingerprint density at radius 3 is 2.33 bits per heavy atom. The summed E-state index contributed by atoms with van der Waals surface area (Å²) >= 11 is 0. The molecular weight excluding hydrogens is 252 g/mol. The van der Waals surface area contributed by atoms with Gasteiger partial charge in [-0.15, -0.1) is 0 Å². The molecule has 0 unspecified atom stereocenters. The molecule has 6 heteroatoms. The van der Waals surface area contributed by atoms with Gasteiger partial charge in [0, 0.05) is 10.9 Å². The summed E-state index contributed by atoms with van der Waals surface area (Å²) in [5.74, 6) is -0.289. The van der Waals surface area contributed by atoms with E-state index in [-0.39, 0.29) is 10.8 Å². The smallest absolute Gasteiger partial charge is 0.336 e. The van der Waals surface area contributed by atoms with E-state index in [1.165, 1.54) is 0 Å². The van der Waals surface area contributed by atoms with Crippen LogP contribution in [0.4, 0.5) is 0 Å². The molecule has 0 fully saturated rings. The Hall–Kier alpha value is -1.95. The molecule has 0 amide bonds. The molecule has 1 heterocycles. The van der Waals surface area contributed by atoms with E-state index < -0.39 is 22.1 Å². The van der Waals surface area contributed by atoms with Crippen LogP contribution in [-0.4, -0.2) is 27.2 Å². The molecule has 0 saturated heterocycles. The minimum Gasteiger partial charge on any atom is -0.490 e. The zero-order valence-electron chi connectivity index (χ0n) is 10.0. The van der Waals surface area contributed by atoms with Crippen LogP contribution in [0.15, 0.2) is 44.8 Å². The van der Waals surface area contributed by atoms with Gasteiger partial charge in [0.2, 0.25) is 0 Å². The molecule has 0 saturated carbocycles. The fourth-order valence-corrected chi connectivity index (χ4v) is 2.57. The Morgan fingerprint density at radius 2 is 1.78 bits per heavy atom. The van der Waals surface area contributed by atoms with Crippen molar-refractivity contribution in [1.82, 2.24) is 9.55 Å². The number of para-hydroxylation sites is 1. The molecule has 1 aromatic carbocycles. The lowest BCUT2D eigenvalue weighted by Crippen LogP contribution is -2.32. The van der Waals surface area contributed by atoms with Gasteiger partial charge in [0.15, 0.2) is 0 Å². The summed E-state index contributed by atoms with van der Waals surface area (Å²) in [5, 5.41) is 10.1. The molecule has 2 N–H and O–H groups in total. The zero-order chi connectivity index (χ0) is 13.3. The fourth-order valence-electron chi connectivity index (χ4n) is 1.69. The van der Waals surface area contributed by atoms with E-state index in [0.29, 0.717) is 5.69 Å². The predicted molar refractivity (Wildman–Crippen MR) is 71.8 cm³/mol. The van der Waals surface area contributed by atoms with Gasteiger partial charge in [0.05, 0.1) is 5.69 Å². The van der Waals surface area contributed by atoms with Crippen molar-refractivity contribution in [2.24, 2.45) is 0 Å². The van der Waals surface area contributed by atoms with Crippen LogP contribution in [0.25, 0.3) is 5.69 Å². The van der Waals surface area contributed by atoms with Gasteiger partial charge in [-0.1, -0.05) is 18.2 Å². The maximum absolute atomic E-state index is 11.8. The SMILES string of the molecule is C[S+](C)c1c(O)n(-c2ccccc2)c(=O)[nH]c1=O. The minimum absolute atomic E-state index is 0.235. The summed E-state index contributed by atoms with van der Waals surface area (Å²) in [4.78, 5) is 25.9. The van der Waals surface area contributed by atoms with Crippen LogP contribution in [0.1, 0.15) is 0 Å². The van der Waals surface area contributed by atoms with Gasteiger partial charge in [0.1, 0.15) is 12.5 Å². The van der Waals surface area contributed by atoms with Crippen molar-refractivity contribution in [2.75, 3.05) is 12.5 Å². The summed E-state index contributed by atoms with van der Waals surface area (Å²) in [6.07, 6.45) is 3.62. The maximum Gasteiger partial charge on any atom is 0.336 e. The van der Waals surface area contributed by atoms with E-state index >= 15 is 0 Å². The van der Waals surface area contributed by atoms with Crippen molar-refractivity contribution in [3.8, 4) is 11.6 Å². The highest BCUT2D eigenvalue weighted by molar-refractivity contribution is 7.95. The van der Waals surface area contributed by atoms with Gasteiger partial charge in [0.25, 0.3) is 10.8 Å². The van der Waals surface area contributed by atoms with E-state index in [2.05, 4.69) is 4.98 Å². The topological polar surface area (TPSA) is 75.1 Å². The second-order valence-corrected chi connectivity index (χ2v) is 5.94. The Morgan fingerprint density at radius 1 is 1.17 bits per heavy atom. The first-order valence-corrected chi connectivity index (χ1v) is 7.28. The van der Waals surface area contributed by atoms with Crippen molar-refractivity contribution in [3.63, 3.8) is 0 Å². The van der Waals surface area contributed by atoms with Crippen molar-refractivity contribution >= 4 is 10.9 Å². The van der Waals surface area contributed by atoms with Crippen molar-refractivity contribution in [2.45, 2.75) is 4.90 Å². The molecule has 0 aliphatic carbocycles. The first-order valence-electron chi connectivity index (χ1n) is 5.23. The van der Waals surface area contributed by atoms with Crippen molar-refractivity contribution in [1.29, 1.82) is 0 Å². The normalized spacial score (nSPS) is 10.8. The molecular formula is C12H13N2O3S+. The fraction of sp³-hybridized carbons (Fsp3) is 0.167. The summed E-state index contributed by atoms with van der Waals surface area (Å²) < 4.78 is 1.10. The maximum atomic E-state index is 11.8. The number of aromatic nitrogens is 2. The molecule has 0 spiro atoms. The molecule has 0 radical (unpaired) electrons. The first-order chi connectivity index (χ1) is 8.52. The van der Waals surface area contributed by atoms with E-state index in [4.69, 9.17) is 0 Å². The van der Waals surface area contributed by atoms with Crippen LogP contribution in [0.3, 0.4) is 0 Å². The summed E-state index contributed by atoms with van der Waals surface area (Å²) in [5.41, 5.74) is -0.654. The third kappa shape index (κ3) is 2.06. The number of hydrogen-bond donors (Lipinski definition) is 2. The van der Waals surface area contributed by atoms with Gasteiger partial charge in [-0.25, -0.2) is 9.36 Å². The molecule has 2 aromatic rings. The van der Waals surface area contributed by atoms with Crippen LogP contribution in [0.2, 0.25) is 0 Å². The van der Waals surface area contributed by atoms with Crippen LogP contribution in [-0.2, 0) is 10.9 Å². The second kappa shape index (κ2) is 4.73. The molecule has 5 nitrogen and oxygen atoms in total. The summed E-state index contributed by atoms with van der Waals surface area (Å²) in [6.45, 7) is 0. The van der Waals surface area contributed by atoms with E-state index in [0.717, 1.165) is 4.57 Å². The molecule has 0 bridgehead atoms. The number of H-pyrrole nitrogens is 1. The predicted octanol–water partition coefficient (Wildman–Crippen LogP) is 0.468. The van der Waals surface area contributed by atoms with Crippen LogP contribution < -0.4 is 11.2 Å². The number of nitrogens with zero attached hydrogens (tertiary/aromatic N) is 1. The Bertz CT molecular complexity index is 674. The number of benzene rings is 1. The van der Waals surface area contributed by atoms with Gasteiger partial charge in [-0.2, -0.15) is 0 Å². The largest absolute Gasteiger partial charge is 0.490 e. The average Bonchev–Trinajstić information content (AvgIpc) is 2.28. The van der Waals surface area contributed by atoms with Crippen molar-refractivity contribution < 1.29 is 5.11 Å². The lowest BCUT2D eigenvalue weighted by molar-refractivity contribution is 0.415. The van der Waals surface area contributed by atoms with E-state index in [1.807, 2.05) is 18.6 Å². The summed E-state index contributed by atoms with van der Waals surface area (Å²) in [7, 11) is -0.448. The highest BCUT2D eigenvalue weighted by Crippen LogP contribution is 2.19. The molecule has 0 aliphatic heterocycles. The van der Waals surface area contributed by atoms with E-state index in [1.54, 1.807) is 24.3 Å². The Kier molecular flexibility index (Phi) is 3.29. The quantitative estimate of drug-likeness (QED) is 0.775. The van der Waals surface area contributed by atoms with Crippen LogP contribution >= 0.6 is 0 Å². The number of aromatic hydroxyl groups is 1. The van der Waals surface area contributed by atoms with Gasteiger partial charge < -0.3 is 5.11 Å².